The predicted octanol–water partition coefficient (Wildman–Crippen LogP) is -0.402. The van der Waals surface area contributed by atoms with Gasteiger partial charge in [0.15, 0.2) is 0 Å². The topological polar surface area (TPSA) is 92.1 Å². The average molecular weight is 229 g/mol. The second-order valence-electron chi connectivity index (χ2n) is 3.06. The van der Waals surface area contributed by atoms with Gasteiger partial charge in [0, 0.05) is 16.6 Å². The Morgan fingerprint density at radius 1 is 1.18 bits per heavy atom. The van der Waals surface area contributed by atoms with Crippen LogP contribution in [0.15, 0.2) is 12.1 Å². The molecular weight excluding hydrogens is 218 g/mol. The zero-order valence-corrected chi connectivity index (χ0v) is 9.52. The van der Waals surface area contributed by atoms with Gasteiger partial charge in [0.2, 0.25) is 0 Å². The number of nitriles is 2. The Balaban J connectivity index is 3.83. The molecule has 0 aliphatic carbocycles. The monoisotopic (exact) mass is 229 g/mol. The van der Waals surface area contributed by atoms with Crippen molar-refractivity contribution in [3.63, 3.8) is 0 Å². The van der Waals surface area contributed by atoms with E-state index in [0.29, 0.717) is 21.9 Å². The molecule has 0 unspecified atom stereocenters. The second kappa shape index (κ2) is 5.43. The highest BCUT2D eigenvalue weighted by Crippen LogP contribution is 2.07. The quantitative estimate of drug-likeness (QED) is 0.744. The molecule has 2 N–H and O–H groups in total. The average Bonchev–Trinajstić information content (AvgIpc) is 2.39. The third-order valence-electron chi connectivity index (χ3n) is 2.22. The third-order valence-corrected chi connectivity index (χ3v) is 2.22. The van der Waals surface area contributed by atoms with Crippen molar-refractivity contribution in [2.24, 2.45) is 5.73 Å². The first-order valence-corrected chi connectivity index (χ1v) is 4.70. The molecule has 0 aliphatic rings. The van der Waals surface area contributed by atoms with Gasteiger partial charge in [-0.3, -0.25) is 0 Å². The Labute approximate surface area is 98.6 Å². The zero-order chi connectivity index (χ0) is 12.8. The molecule has 0 heterocycles. The van der Waals surface area contributed by atoms with Crippen molar-refractivity contribution >= 4 is 11.8 Å². The molecule has 0 aliphatic heterocycles. The summed E-state index contributed by atoms with van der Waals surface area (Å²) in [5.41, 5.74) is 5.41. The van der Waals surface area contributed by atoms with E-state index in [0.717, 1.165) is 0 Å². The first-order valence-electron chi connectivity index (χ1n) is 4.70. The van der Waals surface area contributed by atoms with Gasteiger partial charge >= 0.3 is 0 Å². The standard InChI is InChI=1S/C12H11N3O2/c1-16-11-4-10(9(6-14)7-15)12(17-2)3-8(11)5-13/h3-5H,13H2,1-2H3/b8-5-. The smallest absolute Gasteiger partial charge is 0.140 e. The van der Waals surface area contributed by atoms with Gasteiger partial charge in [-0.15, -0.1) is 0 Å². The van der Waals surface area contributed by atoms with Crippen LogP contribution in [0, 0.1) is 22.7 Å². The lowest BCUT2D eigenvalue weighted by Crippen LogP contribution is -2.18. The summed E-state index contributed by atoms with van der Waals surface area (Å²) in [4.78, 5) is 0. The highest BCUT2D eigenvalue weighted by molar-refractivity contribution is 5.74. The molecule has 0 fully saturated rings. The summed E-state index contributed by atoms with van der Waals surface area (Å²) >= 11 is 0. The minimum atomic E-state index is -0.0382. The lowest BCUT2D eigenvalue weighted by molar-refractivity contribution is 0.397. The first-order chi connectivity index (χ1) is 8.21. The Hall–Kier alpha value is -2.66. The minimum Gasteiger partial charge on any atom is -0.496 e. The summed E-state index contributed by atoms with van der Waals surface area (Å²) < 4.78 is 10.2. The van der Waals surface area contributed by atoms with E-state index in [-0.39, 0.29) is 5.57 Å². The van der Waals surface area contributed by atoms with Gasteiger partial charge in [0.1, 0.15) is 29.2 Å². The van der Waals surface area contributed by atoms with Crippen molar-refractivity contribution in [3.05, 3.63) is 22.6 Å². The van der Waals surface area contributed by atoms with E-state index in [2.05, 4.69) is 0 Å². The van der Waals surface area contributed by atoms with Crippen molar-refractivity contribution in [1.82, 2.24) is 0 Å². The fourth-order valence-corrected chi connectivity index (χ4v) is 1.39. The number of ether oxygens (including phenoxy) is 2. The van der Waals surface area contributed by atoms with Crippen molar-refractivity contribution < 1.29 is 9.47 Å². The fraction of sp³-hybridized carbons (Fsp3) is 0.167. The number of methoxy groups -OCH3 is 2. The SMILES string of the molecule is COc1c/c(=C/N)c(OC)cc1=C(C#N)C#N. The van der Waals surface area contributed by atoms with Crippen LogP contribution in [0.3, 0.4) is 0 Å². The molecule has 0 spiro atoms. The lowest BCUT2D eigenvalue weighted by Gasteiger charge is -2.05. The largest absolute Gasteiger partial charge is 0.496 e. The fourth-order valence-electron chi connectivity index (χ4n) is 1.39. The Bertz CT molecular complexity index is 605. The Morgan fingerprint density at radius 2 is 1.76 bits per heavy atom. The van der Waals surface area contributed by atoms with E-state index in [1.54, 1.807) is 12.1 Å². The molecule has 17 heavy (non-hydrogen) atoms. The summed E-state index contributed by atoms with van der Waals surface area (Å²) in [7, 11) is 2.94. The van der Waals surface area contributed by atoms with Gasteiger partial charge in [-0.2, -0.15) is 10.5 Å². The molecule has 86 valence electrons. The maximum atomic E-state index is 8.85. The van der Waals surface area contributed by atoms with Crippen molar-refractivity contribution in [2.45, 2.75) is 0 Å². The maximum Gasteiger partial charge on any atom is 0.140 e. The second-order valence-corrected chi connectivity index (χ2v) is 3.06. The van der Waals surface area contributed by atoms with Gasteiger partial charge in [0.25, 0.3) is 0 Å². The highest BCUT2D eigenvalue weighted by Gasteiger charge is 2.06. The van der Waals surface area contributed by atoms with E-state index >= 15 is 0 Å². The molecule has 5 heteroatoms. The van der Waals surface area contributed by atoms with Crippen LogP contribution in [0.5, 0.6) is 11.5 Å². The number of hydrogen-bond acceptors (Lipinski definition) is 5. The normalized spacial score (nSPS) is 10.2. The molecule has 0 atom stereocenters. The zero-order valence-electron chi connectivity index (χ0n) is 9.52. The van der Waals surface area contributed by atoms with E-state index < -0.39 is 0 Å². The number of hydrogen-bond donors (Lipinski definition) is 1. The van der Waals surface area contributed by atoms with Crippen molar-refractivity contribution in [2.75, 3.05) is 14.2 Å². The molecular formula is C12H11N3O2. The van der Waals surface area contributed by atoms with Crippen molar-refractivity contribution in [1.29, 1.82) is 10.5 Å². The Morgan fingerprint density at radius 3 is 2.18 bits per heavy atom. The molecule has 0 saturated carbocycles. The van der Waals surface area contributed by atoms with Crippen LogP contribution in [0.2, 0.25) is 0 Å². The summed E-state index contributed by atoms with van der Waals surface area (Å²) in [6, 6.07) is 6.79. The van der Waals surface area contributed by atoms with Crippen LogP contribution >= 0.6 is 0 Å². The van der Waals surface area contributed by atoms with Crippen LogP contribution < -0.4 is 25.6 Å². The predicted molar refractivity (Wildman–Crippen MR) is 62.1 cm³/mol. The minimum absolute atomic E-state index is 0.0382. The molecule has 1 rings (SSSR count). The van der Waals surface area contributed by atoms with Crippen LogP contribution in [0.4, 0.5) is 0 Å². The van der Waals surface area contributed by atoms with E-state index in [9.17, 15) is 0 Å². The van der Waals surface area contributed by atoms with Gasteiger partial charge in [-0.05, 0) is 12.1 Å². The molecule has 1 aromatic rings. The molecule has 5 nitrogen and oxygen atoms in total. The van der Waals surface area contributed by atoms with Crippen LogP contribution in [-0.4, -0.2) is 14.2 Å². The van der Waals surface area contributed by atoms with E-state index in [1.165, 1.54) is 20.4 Å². The van der Waals surface area contributed by atoms with Gasteiger partial charge in [-0.1, -0.05) is 0 Å². The summed E-state index contributed by atoms with van der Waals surface area (Å²) in [6.07, 6.45) is 1.36. The number of nitrogens with two attached hydrogens (primary N) is 1. The van der Waals surface area contributed by atoms with E-state index in [4.69, 9.17) is 25.7 Å². The molecule has 1 aromatic carbocycles. The number of rotatable bonds is 2. The number of nitrogens with zero attached hydrogens (tertiary/aromatic N) is 2. The highest BCUT2D eigenvalue weighted by atomic mass is 16.5. The van der Waals surface area contributed by atoms with Crippen LogP contribution in [-0.2, 0) is 0 Å². The molecule has 0 saturated heterocycles. The summed E-state index contributed by atoms with van der Waals surface area (Å²) in [6.45, 7) is 0. The molecule has 0 bridgehead atoms. The summed E-state index contributed by atoms with van der Waals surface area (Å²) in [5.74, 6) is 0.881. The number of benzene rings is 1. The third kappa shape index (κ3) is 2.30. The lowest BCUT2D eigenvalue weighted by atomic mass is 10.1. The van der Waals surface area contributed by atoms with Crippen LogP contribution in [0.25, 0.3) is 11.8 Å². The summed E-state index contributed by atoms with van der Waals surface area (Å²) in [5, 5.41) is 18.7. The van der Waals surface area contributed by atoms with Gasteiger partial charge < -0.3 is 15.2 Å². The molecule has 0 radical (unpaired) electrons. The van der Waals surface area contributed by atoms with Gasteiger partial charge in [0.05, 0.1) is 14.2 Å². The molecule has 0 amide bonds. The maximum absolute atomic E-state index is 8.85. The Kier molecular flexibility index (Phi) is 3.96. The first kappa shape index (κ1) is 12.4. The molecule has 0 aromatic heterocycles. The van der Waals surface area contributed by atoms with Crippen LogP contribution in [0.1, 0.15) is 0 Å². The van der Waals surface area contributed by atoms with Gasteiger partial charge in [-0.25, -0.2) is 0 Å². The van der Waals surface area contributed by atoms with E-state index in [1.807, 2.05) is 12.1 Å². The van der Waals surface area contributed by atoms with Crippen molar-refractivity contribution in [3.8, 4) is 23.6 Å².